The van der Waals surface area contributed by atoms with Gasteiger partial charge in [0.05, 0.1) is 5.34 Å². The Bertz CT molecular complexity index is 1380. The van der Waals surface area contributed by atoms with Crippen LogP contribution in [0.4, 0.5) is 11.4 Å². The van der Waals surface area contributed by atoms with Crippen LogP contribution in [0.1, 0.15) is 150 Å². The standard InChI is InChI=1S/C28H46N4O6.C15H29NO4.CH2Cl2.CH4/c1-17(2)12-23(37-31-25(33)14-19(5)6)27(35)29-21-10-9-11-22(16-21)30-28(36)24(13-18(3)4)38-32-26(34)15-20(7)8;1-10(2)8-12(14(18)19-15(5,6)7)20-16-13(17)9-11(3)4;2-1-3;/h9-11,16-20,23-24H,12-15H2,1-8H3,(H,29,35)(H,30,36)(H,31,33)(H,32,34);10-12H,8-9H2,1-7H3,(H,16,17);1H2;1H4/t23-,24-;12-;;/m11../s1. The van der Waals surface area contributed by atoms with Crippen LogP contribution in [0, 0.1) is 35.5 Å². The van der Waals surface area contributed by atoms with Crippen LogP contribution in [-0.4, -0.2) is 64.8 Å². The SMILES string of the molecule is C.CC(C)CC(=O)NO[C@H](CC(C)C)C(=O)Nc1cccc(NC(=O)[C@@H](CC(C)C)ONC(=O)CC(C)C)c1.CC(C)CC(=O)NO[C@H](CC(C)C)C(=O)OC(C)(C)C.ClCCl. The molecule has 5 amide bonds. The molecule has 3 atom stereocenters. The van der Waals surface area contributed by atoms with Crippen LogP contribution in [0.25, 0.3) is 0 Å². The number of rotatable bonds is 23. The Hall–Kier alpha value is -3.50. The van der Waals surface area contributed by atoms with Crippen molar-refractivity contribution in [1.82, 2.24) is 16.4 Å². The lowest BCUT2D eigenvalue weighted by Crippen LogP contribution is -2.39. The quantitative estimate of drug-likeness (QED) is 0.0400. The van der Waals surface area contributed by atoms with Gasteiger partial charge in [0.1, 0.15) is 5.60 Å². The molecule has 0 aliphatic carbocycles. The Kier molecular flexibility index (Phi) is 34.4. The summed E-state index contributed by atoms with van der Waals surface area (Å²) in [4.78, 5) is 89.6. The molecule has 0 bridgehead atoms. The van der Waals surface area contributed by atoms with E-state index in [0.29, 0.717) is 49.9 Å². The molecule has 1 aromatic carbocycles. The lowest BCUT2D eigenvalue weighted by Gasteiger charge is -2.24. The van der Waals surface area contributed by atoms with Gasteiger partial charge in [0.2, 0.25) is 17.7 Å². The lowest BCUT2D eigenvalue weighted by molar-refractivity contribution is -0.177. The number of hydrogen-bond acceptors (Lipinski definition) is 10. The Morgan fingerprint density at radius 3 is 1.10 bits per heavy atom. The van der Waals surface area contributed by atoms with E-state index in [2.05, 4.69) is 27.1 Å². The van der Waals surface area contributed by atoms with E-state index in [1.165, 1.54) is 0 Å². The Morgan fingerprint density at radius 2 is 0.823 bits per heavy atom. The highest BCUT2D eigenvalue weighted by Gasteiger charge is 2.28. The first-order chi connectivity index (χ1) is 28.2. The summed E-state index contributed by atoms with van der Waals surface area (Å²) in [5.74, 6) is -0.954. The van der Waals surface area contributed by atoms with Gasteiger partial charge in [-0.15, -0.1) is 23.2 Å². The summed E-state index contributed by atoms with van der Waals surface area (Å²) in [6.07, 6.45) is -0.293. The van der Waals surface area contributed by atoms with E-state index in [4.69, 9.17) is 42.5 Å². The van der Waals surface area contributed by atoms with Crippen molar-refractivity contribution in [2.75, 3.05) is 16.0 Å². The molecule has 0 radical (unpaired) electrons. The molecule has 0 aliphatic rings. The van der Waals surface area contributed by atoms with Gasteiger partial charge in [-0.2, -0.15) is 0 Å². The van der Waals surface area contributed by atoms with Crippen molar-refractivity contribution in [3.63, 3.8) is 0 Å². The van der Waals surface area contributed by atoms with Crippen molar-refractivity contribution in [3.05, 3.63) is 24.3 Å². The Labute approximate surface area is 382 Å². The van der Waals surface area contributed by atoms with Crippen molar-refractivity contribution < 1.29 is 48.0 Å². The average Bonchev–Trinajstić information content (AvgIpc) is 3.08. The number of carbonyl (C=O) groups excluding carboxylic acids is 6. The van der Waals surface area contributed by atoms with Crippen LogP contribution >= 0.6 is 23.2 Å². The number of nitrogens with one attached hydrogen (secondary N) is 5. The molecule has 15 nitrogen and oxygen atoms in total. The number of halogens is 2. The normalized spacial score (nSPS) is 12.6. The van der Waals surface area contributed by atoms with Crippen molar-refractivity contribution >= 4 is 70.1 Å². The molecule has 360 valence electrons. The minimum atomic E-state index is -0.886. The van der Waals surface area contributed by atoms with Crippen LogP contribution in [0.15, 0.2) is 24.3 Å². The smallest absolute Gasteiger partial charge is 0.338 e. The zero-order valence-electron chi connectivity index (χ0n) is 39.3. The second-order valence-corrected chi connectivity index (χ2v) is 19.1. The largest absolute Gasteiger partial charge is 0.458 e. The van der Waals surface area contributed by atoms with E-state index in [-0.39, 0.29) is 66.0 Å². The number of hydroxylamine groups is 3. The van der Waals surface area contributed by atoms with Crippen molar-refractivity contribution in [2.45, 2.75) is 174 Å². The number of benzene rings is 1. The van der Waals surface area contributed by atoms with Gasteiger partial charge in [0.25, 0.3) is 11.8 Å². The number of anilines is 2. The summed E-state index contributed by atoms with van der Waals surface area (Å²) >= 11 is 9.53. The number of ether oxygens (including phenoxy) is 1. The minimum absolute atomic E-state index is 0. The van der Waals surface area contributed by atoms with Crippen molar-refractivity contribution in [1.29, 1.82) is 0 Å². The molecule has 62 heavy (non-hydrogen) atoms. The zero-order chi connectivity index (χ0) is 47.5. The third-order valence-electron chi connectivity index (χ3n) is 7.43. The van der Waals surface area contributed by atoms with Crippen LogP contribution in [-0.2, 0) is 48.0 Å². The topological polar surface area (TPSA) is 199 Å². The van der Waals surface area contributed by atoms with Crippen LogP contribution < -0.4 is 27.1 Å². The van der Waals surface area contributed by atoms with Gasteiger partial charge in [0, 0.05) is 30.6 Å². The molecule has 1 aromatic rings. The maximum Gasteiger partial charge on any atom is 0.338 e. The van der Waals surface area contributed by atoms with E-state index in [9.17, 15) is 28.8 Å². The Balaban J connectivity index is -0.00000122. The predicted molar refractivity (Wildman–Crippen MR) is 249 cm³/mol. The summed E-state index contributed by atoms with van der Waals surface area (Å²) in [6.45, 7) is 28.8. The van der Waals surface area contributed by atoms with Gasteiger partial charge < -0.3 is 15.4 Å². The number of esters is 1. The fourth-order valence-electron chi connectivity index (χ4n) is 5.03. The lowest BCUT2D eigenvalue weighted by atomic mass is 10.1. The maximum absolute atomic E-state index is 12.9. The molecule has 0 saturated carbocycles. The summed E-state index contributed by atoms with van der Waals surface area (Å²) in [7, 11) is 0. The molecule has 0 aromatic heterocycles. The highest BCUT2D eigenvalue weighted by atomic mass is 35.5. The first-order valence-corrected chi connectivity index (χ1v) is 22.2. The zero-order valence-corrected chi connectivity index (χ0v) is 40.8. The maximum atomic E-state index is 12.9. The van der Waals surface area contributed by atoms with Crippen LogP contribution in [0.3, 0.4) is 0 Å². The number of hydrogen-bond donors (Lipinski definition) is 5. The van der Waals surface area contributed by atoms with Gasteiger partial charge in [-0.05, 0) is 93.7 Å². The van der Waals surface area contributed by atoms with Gasteiger partial charge >= 0.3 is 5.97 Å². The van der Waals surface area contributed by atoms with E-state index in [1.54, 1.807) is 45.0 Å². The molecule has 0 unspecified atom stereocenters. The summed E-state index contributed by atoms with van der Waals surface area (Å²) in [6, 6.07) is 6.68. The van der Waals surface area contributed by atoms with Crippen molar-refractivity contribution in [3.8, 4) is 0 Å². The van der Waals surface area contributed by atoms with Crippen LogP contribution in [0.2, 0.25) is 0 Å². The van der Waals surface area contributed by atoms with Crippen molar-refractivity contribution in [2.24, 2.45) is 35.5 Å². The highest BCUT2D eigenvalue weighted by Crippen LogP contribution is 2.19. The molecular weight excluding hydrogens is 841 g/mol. The number of alkyl halides is 2. The first kappa shape index (κ1) is 62.8. The van der Waals surface area contributed by atoms with Crippen LogP contribution in [0.5, 0.6) is 0 Å². The van der Waals surface area contributed by atoms with E-state index in [1.807, 2.05) is 83.1 Å². The second kappa shape index (κ2) is 34.0. The first-order valence-electron chi connectivity index (χ1n) is 21.1. The molecule has 0 spiro atoms. The molecule has 1 rings (SSSR count). The monoisotopic (exact) mass is 922 g/mol. The fraction of sp³-hybridized carbons (Fsp3) is 0.733. The molecule has 0 heterocycles. The molecule has 0 saturated heterocycles. The van der Waals surface area contributed by atoms with Gasteiger partial charge in [0.15, 0.2) is 18.3 Å². The number of amides is 5. The van der Waals surface area contributed by atoms with Gasteiger partial charge in [-0.25, -0.2) is 21.2 Å². The fourth-order valence-corrected chi connectivity index (χ4v) is 5.03. The summed E-state index contributed by atoms with van der Waals surface area (Å²) in [5, 5.41) is 5.78. The summed E-state index contributed by atoms with van der Waals surface area (Å²) in [5.41, 5.74) is 7.44. The van der Waals surface area contributed by atoms with E-state index >= 15 is 0 Å². The third-order valence-corrected chi connectivity index (χ3v) is 7.43. The number of carbonyl (C=O) groups is 6. The molecule has 0 fully saturated rings. The molecule has 17 heteroatoms. The van der Waals surface area contributed by atoms with Gasteiger partial charge in [-0.3, -0.25) is 38.5 Å². The van der Waals surface area contributed by atoms with E-state index < -0.39 is 41.7 Å². The van der Waals surface area contributed by atoms with E-state index in [0.717, 1.165) is 0 Å². The summed E-state index contributed by atoms with van der Waals surface area (Å²) < 4.78 is 5.30. The predicted octanol–water partition coefficient (Wildman–Crippen LogP) is 9.48. The molecule has 5 N–H and O–H groups in total. The highest BCUT2D eigenvalue weighted by molar-refractivity contribution is 6.40. The Morgan fingerprint density at radius 1 is 0.532 bits per heavy atom. The third kappa shape index (κ3) is 35.0. The molecule has 0 aliphatic heterocycles. The molecular formula is C45H81Cl2N5O10. The van der Waals surface area contributed by atoms with Gasteiger partial charge in [-0.1, -0.05) is 96.6 Å². The second-order valence-electron chi connectivity index (χ2n) is 18.3. The minimum Gasteiger partial charge on any atom is -0.458 e. The average molecular weight is 923 g/mol.